The molecule has 1 aromatic carbocycles. The topological polar surface area (TPSA) is 148 Å². The predicted molar refractivity (Wildman–Crippen MR) is 206 cm³/mol. The van der Waals surface area contributed by atoms with Gasteiger partial charge in [-0.3, -0.25) is 9.59 Å². The Balaban J connectivity index is 1.66. The molecule has 0 aliphatic carbocycles. The number of hydrogen-bond acceptors (Lipinski definition) is 13. The van der Waals surface area contributed by atoms with E-state index in [1.807, 2.05) is 0 Å². The molecule has 0 saturated heterocycles. The Labute approximate surface area is 324 Å². The van der Waals surface area contributed by atoms with Crippen LogP contribution < -0.4 is 10.1 Å². The molecule has 1 aromatic rings. The molecule has 0 saturated carbocycles. The van der Waals surface area contributed by atoms with Crippen molar-refractivity contribution in [1.29, 1.82) is 0 Å². The minimum Gasteiger partial charge on any atom is -0.491 e. The fourth-order valence-electron chi connectivity index (χ4n) is 4.78. The molecule has 0 radical (unpaired) electrons. The van der Waals surface area contributed by atoms with Crippen molar-refractivity contribution in [3.8, 4) is 5.75 Å². The summed E-state index contributed by atoms with van der Waals surface area (Å²) in [6, 6.07) is 7.17. The van der Waals surface area contributed by atoms with E-state index in [4.69, 9.17) is 52.1 Å². The Kier molecular flexibility index (Phi) is 37.0. The SMILES string of the molecule is CCCCCCCCCCCC(=O)OCCOCCOCCOCCOCCOCCOCCOCCOCCOCCOc1ccc(NC(C)=O)cc1. The first-order valence-electron chi connectivity index (χ1n) is 20.0. The summed E-state index contributed by atoms with van der Waals surface area (Å²) in [5.74, 6) is 0.465. The molecule has 54 heavy (non-hydrogen) atoms. The summed E-state index contributed by atoms with van der Waals surface area (Å²) in [7, 11) is 0. The summed E-state index contributed by atoms with van der Waals surface area (Å²) in [5, 5.41) is 2.71. The van der Waals surface area contributed by atoms with Crippen molar-refractivity contribution in [2.75, 3.05) is 137 Å². The van der Waals surface area contributed by atoms with Gasteiger partial charge < -0.3 is 57.4 Å². The number of carbonyl (C=O) groups excluding carboxylic acids is 2. The maximum Gasteiger partial charge on any atom is 0.305 e. The molecule has 14 heteroatoms. The molecular formula is C40H71NO13. The van der Waals surface area contributed by atoms with Crippen molar-refractivity contribution < 1.29 is 61.7 Å². The summed E-state index contributed by atoms with van der Waals surface area (Å²) >= 11 is 0. The molecule has 0 heterocycles. The number of nitrogens with one attached hydrogen (secondary N) is 1. The zero-order valence-corrected chi connectivity index (χ0v) is 33.3. The fourth-order valence-corrected chi connectivity index (χ4v) is 4.78. The Morgan fingerprint density at radius 3 is 1.15 bits per heavy atom. The number of esters is 1. The van der Waals surface area contributed by atoms with Gasteiger partial charge in [0.25, 0.3) is 0 Å². The van der Waals surface area contributed by atoms with Crippen LogP contribution in [-0.2, 0) is 57.0 Å². The van der Waals surface area contributed by atoms with Crippen molar-refractivity contribution in [2.45, 2.75) is 78.1 Å². The highest BCUT2D eigenvalue weighted by atomic mass is 16.6. The van der Waals surface area contributed by atoms with Crippen LogP contribution >= 0.6 is 0 Å². The Hall–Kier alpha value is -2.40. The maximum atomic E-state index is 11.8. The summed E-state index contributed by atoms with van der Waals surface area (Å²) < 4.78 is 60.2. The minimum atomic E-state index is -0.140. The first-order chi connectivity index (χ1) is 26.6. The van der Waals surface area contributed by atoms with Crippen molar-refractivity contribution in [1.82, 2.24) is 0 Å². The number of rotatable bonds is 42. The van der Waals surface area contributed by atoms with Crippen LogP contribution in [0.2, 0.25) is 0 Å². The van der Waals surface area contributed by atoms with Crippen LogP contribution in [-0.4, -0.2) is 144 Å². The standard InChI is InChI=1S/C40H71NO13/c1-3-4-5-6-7-8-9-10-11-12-40(43)54-36-34-52-32-30-50-28-26-48-24-22-46-20-18-44-17-19-45-21-23-47-25-27-49-29-31-51-33-35-53-39-15-13-38(14-16-39)41-37(2)42/h13-16H,3-12,17-36H2,1-2H3,(H,41,42). The number of hydrogen-bond donors (Lipinski definition) is 1. The fraction of sp³-hybridized carbons (Fsp3) is 0.800. The maximum absolute atomic E-state index is 11.8. The molecule has 0 aliphatic rings. The van der Waals surface area contributed by atoms with E-state index in [1.165, 1.54) is 51.9 Å². The van der Waals surface area contributed by atoms with Gasteiger partial charge in [-0.1, -0.05) is 58.3 Å². The summed E-state index contributed by atoms with van der Waals surface area (Å²) in [5.41, 5.74) is 0.730. The van der Waals surface area contributed by atoms with Crippen molar-refractivity contribution in [3.63, 3.8) is 0 Å². The molecule has 0 aliphatic heterocycles. The van der Waals surface area contributed by atoms with E-state index in [0.29, 0.717) is 138 Å². The van der Waals surface area contributed by atoms with E-state index in [0.717, 1.165) is 18.5 Å². The minimum absolute atomic E-state index is 0.109. The third kappa shape index (κ3) is 36.6. The number of anilines is 1. The summed E-state index contributed by atoms with van der Waals surface area (Å²) in [6.07, 6.45) is 11.6. The highest BCUT2D eigenvalue weighted by Crippen LogP contribution is 2.15. The first kappa shape index (κ1) is 49.6. The van der Waals surface area contributed by atoms with Gasteiger partial charge in [0.05, 0.1) is 119 Å². The highest BCUT2D eigenvalue weighted by molar-refractivity contribution is 5.88. The molecule has 1 N–H and O–H groups in total. The van der Waals surface area contributed by atoms with Crippen LogP contribution in [0.25, 0.3) is 0 Å². The Morgan fingerprint density at radius 2 is 0.778 bits per heavy atom. The lowest BCUT2D eigenvalue weighted by Crippen LogP contribution is -2.15. The number of benzene rings is 1. The smallest absolute Gasteiger partial charge is 0.305 e. The van der Waals surface area contributed by atoms with Crippen molar-refractivity contribution in [3.05, 3.63) is 24.3 Å². The van der Waals surface area contributed by atoms with Gasteiger partial charge in [0.2, 0.25) is 5.91 Å². The largest absolute Gasteiger partial charge is 0.491 e. The van der Waals surface area contributed by atoms with Crippen LogP contribution in [0.1, 0.15) is 78.1 Å². The number of ether oxygens (including phenoxy) is 11. The first-order valence-corrected chi connectivity index (χ1v) is 20.0. The molecule has 0 bridgehead atoms. The molecule has 1 rings (SSSR count). The van der Waals surface area contributed by atoms with Crippen LogP contribution in [0.5, 0.6) is 5.75 Å². The van der Waals surface area contributed by atoms with Crippen molar-refractivity contribution in [2.24, 2.45) is 0 Å². The number of unbranched alkanes of at least 4 members (excludes halogenated alkanes) is 8. The Morgan fingerprint density at radius 1 is 0.444 bits per heavy atom. The van der Waals surface area contributed by atoms with Gasteiger partial charge in [0.1, 0.15) is 19.0 Å². The highest BCUT2D eigenvalue weighted by Gasteiger charge is 2.03. The molecule has 0 unspecified atom stereocenters. The Bertz CT molecular complexity index is 954. The molecule has 314 valence electrons. The van der Waals surface area contributed by atoms with Crippen LogP contribution in [0.3, 0.4) is 0 Å². The van der Waals surface area contributed by atoms with Crippen LogP contribution in [0.15, 0.2) is 24.3 Å². The third-order valence-corrected chi connectivity index (χ3v) is 7.62. The second-order valence-corrected chi connectivity index (χ2v) is 12.4. The van der Waals surface area contributed by atoms with E-state index in [9.17, 15) is 9.59 Å². The third-order valence-electron chi connectivity index (χ3n) is 7.62. The van der Waals surface area contributed by atoms with Gasteiger partial charge in [0.15, 0.2) is 0 Å². The van der Waals surface area contributed by atoms with Crippen LogP contribution in [0, 0.1) is 0 Å². The van der Waals surface area contributed by atoms with Gasteiger partial charge in [0, 0.05) is 19.0 Å². The van der Waals surface area contributed by atoms with Crippen LogP contribution in [0.4, 0.5) is 5.69 Å². The van der Waals surface area contributed by atoms with Gasteiger partial charge in [-0.2, -0.15) is 0 Å². The van der Waals surface area contributed by atoms with Gasteiger partial charge >= 0.3 is 5.97 Å². The quantitative estimate of drug-likeness (QED) is 0.0647. The summed E-state index contributed by atoms with van der Waals surface area (Å²) in [4.78, 5) is 22.8. The molecule has 0 spiro atoms. The molecule has 0 aromatic heterocycles. The predicted octanol–water partition coefficient (Wildman–Crippen LogP) is 5.64. The van der Waals surface area contributed by atoms with E-state index < -0.39 is 0 Å². The van der Waals surface area contributed by atoms with E-state index in [2.05, 4.69) is 12.2 Å². The average Bonchev–Trinajstić information content (AvgIpc) is 3.16. The second kappa shape index (κ2) is 40.3. The zero-order chi connectivity index (χ0) is 38.8. The lowest BCUT2D eigenvalue weighted by atomic mass is 10.1. The molecule has 0 fully saturated rings. The van der Waals surface area contributed by atoms with E-state index in [-0.39, 0.29) is 18.5 Å². The van der Waals surface area contributed by atoms with Gasteiger partial charge in [-0.15, -0.1) is 0 Å². The van der Waals surface area contributed by atoms with Crippen molar-refractivity contribution >= 4 is 17.6 Å². The van der Waals surface area contributed by atoms with E-state index in [1.54, 1.807) is 24.3 Å². The van der Waals surface area contributed by atoms with E-state index >= 15 is 0 Å². The van der Waals surface area contributed by atoms with Gasteiger partial charge in [-0.05, 0) is 30.7 Å². The monoisotopic (exact) mass is 773 g/mol. The average molecular weight is 774 g/mol. The molecule has 1 amide bonds. The normalized spacial score (nSPS) is 11.2. The number of amides is 1. The zero-order valence-electron chi connectivity index (χ0n) is 33.3. The lowest BCUT2D eigenvalue weighted by molar-refractivity contribution is -0.145. The number of carbonyl (C=O) groups is 2. The molecule has 14 nitrogen and oxygen atoms in total. The second-order valence-electron chi connectivity index (χ2n) is 12.4. The summed E-state index contributed by atoms with van der Waals surface area (Å²) in [6.45, 7) is 13.0. The lowest BCUT2D eigenvalue weighted by Gasteiger charge is -2.09. The van der Waals surface area contributed by atoms with Gasteiger partial charge in [-0.25, -0.2) is 0 Å². The molecule has 0 atom stereocenters. The molecular weight excluding hydrogens is 702 g/mol.